The Morgan fingerprint density at radius 3 is 1.06 bits per heavy atom. The average molecular weight is 212 g/mol. The number of rotatable bonds is 0. The maximum absolute atomic E-state index is 3.26. The van der Waals surface area contributed by atoms with Crippen LogP contribution in [0.4, 0.5) is 0 Å². The predicted molar refractivity (Wildman–Crippen MR) is 70.8 cm³/mol. The maximum Gasteiger partial charge on any atom is 0.0311 e. The molecule has 1 aliphatic rings. The first-order valence-corrected chi connectivity index (χ1v) is 5.83. The fourth-order valence-corrected chi connectivity index (χ4v) is 1.51. The predicted octanol–water partition coefficient (Wildman–Crippen LogP) is 4.24. The highest BCUT2D eigenvalue weighted by Gasteiger charge is 1.99. The smallest absolute Gasteiger partial charge is 0.0311 e. The van der Waals surface area contributed by atoms with Crippen LogP contribution in [0.2, 0.25) is 0 Å². The summed E-state index contributed by atoms with van der Waals surface area (Å²) in [7, 11) is 0. The molecule has 0 atom stereocenters. The van der Waals surface area contributed by atoms with Gasteiger partial charge in [-0.25, -0.2) is 0 Å². The third-order valence-corrected chi connectivity index (χ3v) is 2.87. The first kappa shape index (κ1) is 12.7. The van der Waals surface area contributed by atoms with Crippen molar-refractivity contribution in [1.82, 2.24) is 0 Å². The summed E-state index contributed by atoms with van der Waals surface area (Å²) >= 11 is 0. The minimum Gasteiger partial charge on any atom is -0.0985 e. The first-order chi connectivity index (χ1) is 7.61. The molecule has 0 nitrogen and oxygen atoms in total. The summed E-state index contributed by atoms with van der Waals surface area (Å²) < 4.78 is 0. The van der Waals surface area contributed by atoms with Crippen molar-refractivity contribution in [2.45, 2.75) is 53.4 Å². The van der Waals surface area contributed by atoms with Gasteiger partial charge in [-0.15, -0.1) is 0 Å². The molecule has 1 rings (SSSR count). The zero-order chi connectivity index (χ0) is 12.0. The molecule has 0 bridgehead atoms. The van der Waals surface area contributed by atoms with Crippen LogP contribution < -0.4 is 0 Å². The Balaban J connectivity index is 2.88. The van der Waals surface area contributed by atoms with E-state index >= 15 is 0 Å². The van der Waals surface area contributed by atoms with Gasteiger partial charge in [-0.2, -0.15) is 0 Å². The summed E-state index contributed by atoms with van der Waals surface area (Å²) in [5.41, 5.74) is 5.51. The van der Waals surface area contributed by atoms with Crippen LogP contribution in [-0.4, -0.2) is 0 Å². The maximum atomic E-state index is 3.26. The van der Waals surface area contributed by atoms with Crippen LogP contribution in [0, 0.1) is 23.7 Å². The van der Waals surface area contributed by atoms with Crippen LogP contribution in [0.5, 0.6) is 0 Å². The Morgan fingerprint density at radius 2 is 0.875 bits per heavy atom. The van der Waals surface area contributed by atoms with Crippen LogP contribution in [-0.2, 0) is 0 Å². The fourth-order valence-electron chi connectivity index (χ4n) is 1.51. The summed E-state index contributed by atoms with van der Waals surface area (Å²) in [6.45, 7) is 8.58. The lowest BCUT2D eigenvalue weighted by atomic mass is 10.0. The van der Waals surface area contributed by atoms with Gasteiger partial charge in [0.25, 0.3) is 0 Å². The van der Waals surface area contributed by atoms with Gasteiger partial charge in [0.1, 0.15) is 0 Å². The van der Waals surface area contributed by atoms with E-state index in [1.165, 1.54) is 22.3 Å². The van der Waals surface area contributed by atoms with Gasteiger partial charge >= 0.3 is 0 Å². The Morgan fingerprint density at radius 1 is 0.625 bits per heavy atom. The fraction of sp³-hybridized carbons (Fsp3) is 0.500. The molecule has 0 unspecified atom stereocenters. The van der Waals surface area contributed by atoms with Crippen molar-refractivity contribution < 1.29 is 0 Å². The molecule has 0 aromatic carbocycles. The summed E-state index contributed by atoms with van der Waals surface area (Å²) in [4.78, 5) is 0. The highest BCUT2D eigenvalue weighted by molar-refractivity contribution is 5.29. The van der Waals surface area contributed by atoms with Crippen LogP contribution >= 0.6 is 0 Å². The van der Waals surface area contributed by atoms with Gasteiger partial charge in [-0.3, -0.25) is 0 Å². The highest BCUT2D eigenvalue weighted by atomic mass is 14.0. The molecule has 0 spiro atoms. The molecule has 84 valence electrons. The largest absolute Gasteiger partial charge is 0.0985 e. The standard InChI is InChI=1S/C16H20/c1-13(2)15-9-5-7-11-16(14(3)4)12-8-6-10-15/h9-12H2,1-4H3. The Bertz CT molecular complexity index is 360. The van der Waals surface area contributed by atoms with Gasteiger partial charge in [0.2, 0.25) is 0 Å². The van der Waals surface area contributed by atoms with E-state index in [1.807, 2.05) is 0 Å². The monoisotopic (exact) mass is 212 g/mol. The van der Waals surface area contributed by atoms with Crippen molar-refractivity contribution >= 4 is 0 Å². The Hall–Kier alpha value is -1.40. The van der Waals surface area contributed by atoms with Crippen molar-refractivity contribution in [3.05, 3.63) is 22.3 Å². The summed E-state index contributed by atoms with van der Waals surface area (Å²) in [6, 6.07) is 0. The van der Waals surface area contributed by atoms with E-state index in [0.29, 0.717) is 0 Å². The number of hydrogen-bond acceptors (Lipinski definition) is 0. The molecule has 0 aromatic heterocycles. The second-order valence-corrected chi connectivity index (χ2v) is 4.62. The van der Waals surface area contributed by atoms with Crippen molar-refractivity contribution in [1.29, 1.82) is 0 Å². The van der Waals surface area contributed by atoms with Gasteiger partial charge in [0, 0.05) is 25.7 Å². The second-order valence-electron chi connectivity index (χ2n) is 4.62. The lowest BCUT2D eigenvalue weighted by Crippen LogP contribution is -1.89. The van der Waals surface area contributed by atoms with E-state index in [4.69, 9.17) is 0 Å². The van der Waals surface area contributed by atoms with Crippen molar-refractivity contribution in [2.24, 2.45) is 0 Å². The van der Waals surface area contributed by atoms with Crippen molar-refractivity contribution in [3.8, 4) is 23.7 Å². The summed E-state index contributed by atoms with van der Waals surface area (Å²) in [5.74, 6) is 13.0. The van der Waals surface area contributed by atoms with Gasteiger partial charge in [-0.05, 0) is 38.8 Å². The molecule has 0 aromatic rings. The zero-order valence-electron chi connectivity index (χ0n) is 10.8. The van der Waals surface area contributed by atoms with E-state index in [9.17, 15) is 0 Å². The lowest BCUT2D eigenvalue weighted by molar-refractivity contribution is 1.06. The number of allylic oxidation sites excluding steroid dienone is 4. The van der Waals surface area contributed by atoms with Gasteiger partial charge in [0.15, 0.2) is 0 Å². The molecule has 0 N–H and O–H groups in total. The Kier molecular flexibility index (Phi) is 4.94. The SMILES string of the molecule is CC(C)=C1CC#CCC(=C(C)C)CC#CC1. The van der Waals surface area contributed by atoms with Crippen molar-refractivity contribution in [2.75, 3.05) is 0 Å². The third-order valence-electron chi connectivity index (χ3n) is 2.87. The van der Waals surface area contributed by atoms with Crippen LogP contribution in [0.1, 0.15) is 53.4 Å². The normalized spacial score (nSPS) is 15.5. The topological polar surface area (TPSA) is 0 Å². The van der Waals surface area contributed by atoms with Gasteiger partial charge < -0.3 is 0 Å². The third kappa shape index (κ3) is 4.00. The molecule has 0 heterocycles. The molecule has 0 radical (unpaired) electrons. The van der Waals surface area contributed by atoms with Crippen LogP contribution in [0.25, 0.3) is 0 Å². The molecule has 0 fully saturated rings. The molecular formula is C16H20. The molecule has 16 heavy (non-hydrogen) atoms. The van der Waals surface area contributed by atoms with Crippen molar-refractivity contribution in [3.63, 3.8) is 0 Å². The summed E-state index contributed by atoms with van der Waals surface area (Å²) in [6.07, 6.45) is 3.53. The van der Waals surface area contributed by atoms with E-state index < -0.39 is 0 Å². The van der Waals surface area contributed by atoms with Crippen LogP contribution in [0.15, 0.2) is 22.3 Å². The quantitative estimate of drug-likeness (QED) is 0.416. The van der Waals surface area contributed by atoms with Gasteiger partial charge in [-0.1, -0.05) is 34.8 Å². The molecule has 0 saturated carbocycles. The van der Waals surface area contributed by atoms with Crippen LogP contribution in [0.3, 0.4) is 0 Å². The zero-order valence-corrected chi connectivity index (χ0v) is 10.8. The minimum absolute atomic E-state index is 0.882. The van der Waals surface area contributed by atoms with Gasteiger partial charge in [0.05, 0.1) is 0 Å². The lowest BCUT2D eigenvalue weighted by Gasteiger charge is -2.05. The molecule has 0 aliphatic heterocycles. The molecular weight excluding hydrogens is 192 g/mol. The van der Waals surface area contributed by atoms with E-state index in [0.717, 1.165) is 25.7 Å². The number of hydrogen-bond donors (Lipinski definition) is 0. The molecule has 1 aliphatic carbocycles. The van der Waals surface area contributed by atoms with E-state index in [2.05, 4.69) is 51.4 Å². The highest BCUT2D eigenvalue weighted by Crippen LogP contribution is 2.15. The molecule has 0 saturated heterocycles. The second kappa shape index (κ2) is 6.24. The van der Waals surface area contributed by atoms with E-state index in [-0.39, 0.29) is 0 Å². The minimum atomic E-state index is 0.882. The molecule has 0 amide bonds. The summed E-state index contributed by atoms with van der Waals surface area (Å²) in [5, 5.41) is 0. The molecule has 0 heteroatoms. The van der Waals surface area contributed by atoms with E-state index in [1.54, 1.807) is 0 Å². The first-order valence-electron chi connectivity index (χ1n) is 5.83. The average Bonchev–Trinajstić information content (AvgIpc) is 2.24. The Labute approximate surface area is 99.8 Å².